The molecule has 1 aliphatic carbocycles. The summed E-state index contributed by atoms with van der Waals surface area (Å²) in [6.07, 6.45) is 4.52. The molecule has 1 saturated heterocycles. The van der Waals surface area contributed by atoms with E-state index in [1.54, 1.807) is 30.3 Å². The van der Waals surface area contributed by atoms with Crippen molar-refractivity contribution in [2.45, 2.75) is 42.2 Å². The van der Waals surface area contributed by atoms with Gasteiger partial charge in [-0.25, -0.2) is 21.1 Å². The van der Waals surface area contributed by atoms with E-state index in [0.29, 0.717) is 13.0 Å². The molecule has 1 saturated carbocycles. The van der Waals surface area contributed by atoms with Crippen LogP contribution in [0.15, 0.2) is 35.2 Å². The van der Waals surface area contributed by atoms with E-state index >= 15 is 0 Å². The normalized spacial score (nSPS) is 24.3. The van der Waals surface area contributed by atoms with Gasteiger partial charge in [0, 0.05) is 13.1 Å². The second-order valence-electron chi connectivity index (χ2n) is 6.56. The van der Waals surface area contributed by atoms with Crippen molar-refractivity contribution in [3.63, 3.8) is 0 Å². The van der Waals surface area contributed by atoms with Crippen LogP contribution in [0, 0.1) is 5.92 Å². The molecule has 0 N–H and O–H groups in total. The lowest BCUT2D eigenvalue weighted by molar-refractivity contribution is 0.462. The Morgan fingerprint density at radius 3 is 2.26 bits per heavy atom. The fraction of sp³-hybridized carbons (Fsp3) is 0.625. The third-order valence-electron chi connectivity index (χ3n) is 4.93. The van der Waals surface area contributed by atoms with Crippen LogP contribution in [0.1, 0.15) is 32.1 Å². The molecule has 1 heterocycles. The highest BCUT2D eigenvalue weighted by Gasteiger charge is 2.39. The van der Waals surface area contributed by atoms with Crippen molar-refractivity contribution in [1.82, 2.24) is 4.31 Å². The molecule has 1 unspecified atom stereocenters. The standard InChI is InChI=1S/C16H23NO4S2/c18-22(19,13-14-6-4-5-7-14)17-11-10-16(12-17)23(20,21)15-8-2-1-3-9-15/h1-3,8-9,14,16H,4-7,10-13H2. The van der Waals surface area contributed by atoms with Crippen molar-refractivity contribution in [3.05, 3.63) is 30.3 Å². The van der Waals surface area contributed by atoms with Crippen molar-refractivity contribution in [1.29, 1.82) is 0 Å². The fourth-order valence-electron chi connectivity index (χ4n) is 3.59. The Kier molecular flexibility index (Phi) is 4.80. The molecule has 1 aliphatic heterocycles. The summed E-state index contributed by atoms with van der Waals surface area (Å²) in [5.74, 6) is 0.412. The van der Waals surface area contributed by atoms with Gasteiger partial charge in [0.2, 0.25) is 10.0 Å². The minimum absolute atomic E-state index is 0.0896. The van der Waals surface area contributed by atoms with Crippen LogP contribution in [-0.2, 0) is 19.9 Å². The van der Waals surface area contributed by atoms with Crippen molar-refractivity contribution in [3.8, 4) is 0 Å². The molecule has 5 nitrogen and oxygen atoms in total. The van der Waals surface area contributed by atoms with Gasteiger partial charge in [-0.2, -0.15) is 0 Å². The zero-order chi connectivity index (χ0) is 16.5. The quantitative estimate of drug-likeness (QED) is 0.809. The van der Waals surface area contributed by atoms with Gasteiger partial charge in [0.25, 0.3) is 0 Å². The summed E-state index contributed by atoms with van der Waals surface area (Å²) >= 11 is 0. The molecule has 23 heavy (non-hydrogen) atoms. The molecule has 2 aliphatic rings. The Bertz CT molecular complexity index is 738. The molecule has 0 radical (unpaired) electrons. The van der Waals surface area contributed by atoms with E-state index in [-0.39, 0.29) is 23.1 Å². The van der Waals surface area contributed by atoms with Crippen LogP contribution in [-0.4, -0.2) is 45.2 Å². The third kappa shape index (κ3) is 3.61. The van der Waals surface area contributed by atoms with Crippen LogP contribution in [0.2, 0.25) is 0 Å². The Balaban J connectivity index is 1.70. The highest BCUT2D eigenvalue weighted by molar-refractivity contribution is 7.92. The lowest BCUT2D eigenvalue weighted by atomic mass is 10.1. The van der Waals surface area contributed by atoms with Crippen molar-refractivity contribution in [2.75, 3.05) is 18.8 Å². The summed E-state index contributed by atoms with van der Waals surface area (Å²) in [5, 5.41) is -0.636. The van der Waals surface area contributed by atoms with Gasteiger partial charge in [0.05, 0.1) is 15.9 Å². The van der Waals surface area contributed by atoms with Crippen molar-refractivity contribution < 1.29 is 16.8 Å². The third-order valence-corrected chi connectivity index (χ3v) is 9.14. The Morgan fingerprint density at radius 1 is 0.957 bits per heavy atom. The highest BCUT2D eigenvalue weighted by atomic mass is 32.2. The zero-order valence-corrected chi connectivity index (χ0v) is 14.7. The maximum absolute atomic E-state index is 12.6. The zero-order valence-electron chi connectivity index (χ0n) is 13.1. The van der Waals surface area contributed by atoms with Crippen molar-refractivity contribution >= 4 is 19.9 Å². The largest absolute Gasteiger partial charge is 0.223 e. The predicted octanol–water partition coefficient (Wildman–Crippen LogP) is 2.05. The minimum Gasteiger partial charge on any atom is -0.223 e. The Labute approximate surface area is 138 Å². The second kappa shape index (κ2) is 6.53. The monoisotopic (exact) mass is 357 g/mol. The van der Waals surface area contributed by atoms with Gasteiger partial charge in [0.15, 0.2) is 9.84 Å². The van der Waals surface area contributed by atoms with Gasteiger partial charge < -0.3 is 0 Å². The van der Waals surface area contributed by atoms with E-state index in [1.165, 1.54) is 4.31 Å². The maximum Gasteiger partial charge on any atom is 0.214 e. The molecule has 7 heteroatoms. The molecule has 0 amide bonds. The van der Waals surface area contributed by atoms with Crippen LogP contribution in [0.5, 0.6) is 0 Å². The van der Waals surface area contributed by atoms with Crippen LogP contribution >= 0.6 is 0 Å². The van der Waals surface area contributed by atoms with E-state index in [1.807, 2.05) is 0 Å². The number of sulfonamides is 1. The van der Waals surface area contributed by atoms with Gasteiger partial charge in [-0.1, -0.05) is 31.0 Å². The van der Waals surface area contributed by atoms with Crippen LogP contribution < -0.4 is 0 Å². The Hall–Kier alpha value is -0.920. The molecule has 2 fully saturated rings. The molecular formula is C16H23NO4S2. The van der Waals surface area contributed by atoms with E-state index in [0.717, 1.165) is 25.7 Å². The van der Waals surface area contributed by atoms with Gasteiger partial charge >= 0.3 is 0 Å². The van der Waals surface area contributed by atoms with Crippen molar-refractivity contribution in [2.24, 2.45) is 5.92 Å². The number of benzene rings is 1. The maximum atomic E-state index is 12.6. The first kappa shape index (κ1) is 16.9. The molecule has 128 valence electrons. The molecule has 1 aromatic carbocycles. The van der Waals surface area contributed by atoms with Crippen LogP contribution in [0.4, 0.5) is 0 Å². The first-order valence-corrected chi connectivity index (χ1v) is 11.3. The summed E-state index contributed by atoms with van der Waals surface area (Å²) in [5.41, 5.74) is 0. The molecule has 0 aromatic heterocycles. The summed E-state index contributed by atoms with van der Waals surface area (Å²) < 4.78 is 51.7. The molecule has 0 bridgehead atoms. The van der Waals surface area contributed by atoms with Gasteiger partial charge in [-0.05, 0) is 37.3 Å². The predicted molar refractivity (Wildman–Crippen MR) is 89.4 cm³/mol. The topological polar surface area (TPSA) is 71.5 Å². The SMILES string of the molecule is O=S(=O)(c1ccccc1)C1CCN(S(=O)(=O)CC2CCCC2)C1. The molecule has 1 atom stereocenters. The highest BCUT2D eigenvalue weighted by Crippen LogP contribution is 2.30. The fourth-order valence-corrected chi connectivity index (χ4v) is 7.32. The number of rotatable bonds is 5. The molecule has 0 spiro atoms. The van der Waals surface area contributed by atoms with Gasteiger partial charge in [-0.3, -0.25) is 0 Å². The van der Waals surface area contributed by atoms with Gasteiger partial charge in [0.1, 0.15) is 0 Å². The minimum atomic E-state index is -3.47. The number of sulfone groups is 1. The summed E-state index contributed by atoms with van der Waals surface area (Å²) in [6.45, 7) is 0.401. The number of hydrogen-bond donors (Lipinski definition) is 0. The molecular weight excluding hydrogens is 334 g/mol. The van der Waals surface area contributed by atoms with Crippen LogP contribution in [0.3, 0.4) is 0 Å². The number of nitrogens with zero attached hydrogens (tertiary/aromatic N) is 1. The van der Waals surface area contributed by atoms with Gasteiger partial charge in [-0.15, -0.1) is 0 Å². The van der Waals surface area contributed by atoms with E-state index < -0.39 is 25.1 Å². The smallest absolute Gasteiger partial charge is 0.214 e. The lowest BCUT2D eigenvalue weighted by Crippen LogP contribution is -2.35. The first-order valence-electron chi connectivity index (χ1n) is 8.16. The summed E-state index contributed by atoms with van der Waals surface area (Å²) in [6, 6.07) is 8.30. The van der Waals surface area contributed by atoms with Crippen LogP contribution in [0.25, 0.3) is 0 Å². The summed E-state index contributed by atoms with van der Waals surface area (Å²) in [4.78, 5) is 0.278. The first-order chi connectivity index (χ1) is 10.9. The average molecular weight is 357 g/mol. The average Bonchev–Trinajstić information content (AvgIpc) is 3.19. The van der Waals surface area contributed by atoms with E-state index in [2.05, 4.69) is 0 Å². The second-order valence-corrected chi connectivity index (χ2v) is 10.8. The van der Waals surface area contributed by atoms with E-state index in [9.17, 15) is 16.8 Å². The Morgan fingerprint density at radius 2 is 1.61 bits per heavy atom. The number of hydrogen-bond acceptors (Lipinski definition) is 4. The van der Waals surface area contributed by atoms with E-state index in [4.69, 9.17) is 0 Å². The lowest BCUT2D eigenvalue weighted by Gasteiger charge is -2.19. The summed E-state index contributed by atoms with van der Waals surface area (Å²) in [7, 11) is -6.82. The molecule has 3 rings (SSSR count). The molecule has 1 aromatic rings.